The molecule has 0 spiro atoms. The fraction of sp³-hybridized carbons (Fsp3) is 0.182. The van der Waals surface area contributed by atoms with Crippen LogP contribution in [0.25, 0.3) is 0 Å². The number of nitrogens with one attached hydrogen (secondary N) is 1. The first-order valence-corrected chi connectivity index (χ1v) is 5.62. The maximum atomic E-state index is 9.58. The van der Waals surface area contributed by atoms with Crippen molar-refractivity contribution in [1.82, 2.24) is 14.9 Å². The van der Waals surface area contributed by atoms with Crippen molar-refractivity contribution in [2.45, 2.75) is 13.3 Å². The van der Waals surface area contributed by atoms with Crippen LogP contribution in [0, 0.1) is 4.77 Å². The summed E-state index contributed by atoms with van der Waals surface area (Å²) >= 11 is 5.06. The van der Waals surface area contributed by atoms with Crippen LogP contribution >= 0.6 is 12.2 Å². The van der Waals surface area contributed by atoms with E-state index in [-0.39, 0.29) is 5.75 Å². The molecule has 0 atom stereocenters. The van der Waals surface area contributed by atoms with E-state index in [0.717, 1.165) is 12.2 Å². The van der Waals surface area contributed by atoms with Crippen molar-refractivity contribution in [3.8, 4) is 5.75 Å². The average molecular weight is 248 g/mol. The molecule has 0 amide bonds. The van der Waals surface area contributed by atoms with Gasteiger partial charge in [0.1, 0.15) is 5.75 Å². The molecule has 88 valence electrons. The van der Waals surface area contributed by atoms with Crippen LogP contribution in [-0.4, -0.2) is 26.2 Å². The second-order valence-electron chi connectivity index (χ2n) is 3.41. The number of H-pyrrole nitrogens is 1. The third-order valence-electron chi connectivity index (χ3n) is 2.28. The van der Waals surface area contributed by atoms with Crippen LogP contribution < -0.4 is 0 Å². The highest BCUT2D eigenvalue weighted by Crippen LogP contribution is 2.13. The number of rotatable bonds is 3. The van der Waals surface area contributed by atoms with Crippen molar-refractivity contribution in [1.29, 1.82) is 0 Å². The van der Waals surface area contributed by atoms with Crippen LogP contribution in [0.5, 0.6) is 5.75 Å². The minimum Gasteiger partial charge on any atom is -0.507 e. The first kappa shape index (κ1) is 11.5. The Morgan fingerprint density at radius 2 is 2.29 bits per heavy atom. The second kappa shape index (κ2) is 4.92. The van der Waals surface area contributed by atoms with E-state index in [2.05, 4.69) is 15.3 Å². The van der Waals surface area contributed by atoms with Crippen molar-refractivity contribution >= 4 is 18.4 Å². The van der Waals surface area contributed by atoms with Gasteiger partial charge in [0.15, 0.2) is 5.82 Å². The number of para-hydroxylation sites is 1. The molecule has 0 aliphatic heterocycles. The lowest BCUT2D eigenvalue weighted by Gasteiger charge is -1.98. The maximum absolute atomic E-state index is 9.58. The van der Waals surface area contributed by atoms with Crippen LogP contribution in [0.3, 0.4) is 0 Å². The summed E-state index contributed by atoms with van der Waals surface area (Å²) in [6.45, 7) is 1.97. The Morgan fingerprint density at radius 1 is 1.53 bits per heavy atom. The van der Waals surface area contributed by atoms with Crippen molar-refractivity contribution in [3.63, 3.8) is 0 Å². The summed E-state index contributed by atoms with van der Waals surface area (Å²) in [5.74, 6) is 0.936. The molecule has 17 heavy (non-hydrogen) atoms. The zero-order valence-corrected chi connectivity index (χ0v) is 10.1. The van der Waals surface area contributed by atoms with E-state index in [9.17, 15) is 5.11 Å². The monoisotopic (exact) mass is 248 g/mol. The number of hydrogen-bond acceptors (Lipinski definition) is 4. The fourth-order valence-electron chi connectivity index (χ4n) is 1.39. The van der Waals surface area contributed by atoms with Crippen molar-refractivity contribution in [2.75, 3.05) is 0 Å². The molecule has 0 aliphatic rings. The maximum Gasteiger partial charge on any atom is 0.216 e. The molecule has 1 heterocycles. The Morgan fingerprint density at radius 3 is 3.00 bits per heavy atom. The Kier molecular flexibility index (Phi) is 3.34. The van der Waals surface area contributed by atoms with Gasteiger partial charge in [-0.25, -0.2) is 0 Å². The summed E-state index contributed by atoms with van der Waals surface area (Å²) in [6.07, 6.45) is 2.28. The minimum atomic E-state index is 0.185. The molecule has 6 heteroatoms. The number of aromatic nitrogens is 3. The number of phenolic OH excluding ortho intramolecular Hbond substituents is 1. The summed E-state index contributed by atoms with van der Waals surface area (Å²) in [5, 5.41) is 20.5. The lowest BCUT2D eigenvalue weighted by atomic mass is 10.2. The molecule has 0 unspecified atom stereocenters. The summed E-state index contributed by atoms with van der Waals surface area (Å²) in [5.41, 5.74) is 0.637. The van der Waals surface area contributed by atoms with E-state index in [4.69, 9.17) is 12.2 Å². The molecular formula is C11H12N4OS. The highest BCUT2D eigenvalue weighted by molar-refractivity contribution is 7.71. The first-order valence-electron chi connectivity index (χ1n) is 5.21. The highest BCUT2D eigenvalue weighted by Gasteiger charge is 2.01. The zero-order chi connectivity index (χ0) is 12.3. The van der Waals surface area contributed by atoms with Crippen LogP contribution in [0.15, 0.2) is 29.4 Å². The first-order chi connectivity index (χ1) is 8.22. The number of aromatic amines is 1. The van der Waals surface area contributed by atoms with Gasteiger partial charge < -0.3 is 5.11 Å². The zero-order valence-electron chi connectivity index (χ0n) is 9.29. The molecule has 0 radical (unpaired) electrons. The van der Waals surface area contributed by atoms with E-state index in [0.29, 0.717) is 10.3 Å². The van der Waals surface area contributed by atoms with Crippen LogP contribution in [0.4, 0.5) is 0 Å². The lowest BCUT2D eigenvalue weighted by Crippen LogP contribution is -1.97. The number of phenols is 1. The van der Waals surface area contributed by atoms with Crippen LogP contribution in [0.1, 0.15) is 18.3 Å². The van der Waals surface area contributed by atoms with Crippen molar-refractivity contribution in [3.05, 3.63) is 40.4 Å². The smallest absolute Gasteiger partial charge is 0.216 e. The predicted molar refractivity (Wildman–Crippen MR) is 67.9 cm³/mol. The fourth-order valence-corrected chi connectivity index (χ4v) is 1.59. The van der Waals surface area contributed by atoms with Gasteiger partial charge in [-0.15, -0.1) is 0 Å². The number of hydrogen-bond donors (Lipinski definition) is 2. The normalized spacial score (nSPS) is 11.1. The second-order valence-corrected chi connectivity index (χ2v) is 3.80. The van der Waals surface area contributed by atoms with E-state index in [1.54, 1.807) is 29.1 Å². The molecular weight excluding hydrogens is 236 g/mol. The van der Waals surface area contributed by atoms with Crippen molar-refractivity contribution in [2.24, 2.45) is 5.10 Å². The predicted octanol–water partition coefficient (Wildman–Crippen LogP) is 2.09. The van der Waals surface area contributed by atoms with Gasteiger partial charge in [-0.2, -0.15) is 14.9 Å². The molecule has 0 bridgehead atoms. The number of benzene rings is 1. The minimum absolute atomic E-state index is 0.185. The molecule has 2 aromatic rings. The van der Waals surface area contributed by atoms with E-state index >= 15 is 0 Å². The Labute approximate surface area is 103 Å². The third kappa shape index (κ3) is 2.42. The molecule has 1 aromatic carbocycles. The van der Waals surface area contributed by atoms with Crippen molar-refractivity contribution < 1.29 is 5.11 Å². The van der Waals surface area contributed by atoms with Gasteiger partial charge in [-0.05, 0) is 24.4 Å². The Balaban J connectivity index is 2.35. The third-order valence-corrected chi connectivity index (χ3v) is 2.55. The van der Waals surface area contributed by atoms with Gasteiger partial charge in [-0.3, -0.25) is 5.10 Å². The Hall–Kier alpha value is -1.95. The van der Waals surface area contributed by atoms with Gasteiger partial charge in [-0.1, -0.05) is 19.1 Å². The number of nitrogens with zero attached hydrogens (tertiary/aromatic N) is 3. The molecule has 0 saturated heterocycles. The van der Waals surface area contributed by atoms with Gasteiger partial charge >= 0.3 is 0 Å². The van der Waals surface area contributed by atoms with Gasteiger partial charge in [0.05, 0.1) is 6.21 Å². The quantitative estimate of drug-likeness (QED) is 0.645. The highest BCUT2D eigenvalue weighted by atomic mass is 32.1. The van der Waals surface area contributed by atoms with Gasteiger partial charge in [0.2, 0.25) is 4.77 Å². The molecule has 2 N–H and O–H groups in total. The molecule has 5 nitrogen and oxygen atoms in total. The van der Waals surface area contributed by atoms with E-state index < -0.39 is 0 Å². The van der Waals surface area contributed by atoms with Gasteiger partial charge in [0.25, 0.3) is 0 Å². The summed E-state index contributed by atoms with van der Waals surface area (Å²) < 4.78 is 1.98. The van der Waals surface area contributed by atoms with E-state index in [1.807, 2.05) is 13.0 Å². The van der Waals surface area contributed by atoms with E-state index in [1.165, 1.54) is 0 Å². The molecule has 0 aliphatic carbocycles. The largest absolute Gasteiger partial charge is 0.507 e. The summed E-state index contributed by atoms with van der Waals surface area (Å²) in [4.78, 5) is 0. The molecule has 0 fully saturated rings. The topological polar surface area (TPSA) is 66.2 Å². The van der Waals surface area contributed by atoms with Gasteiger partial charge in [0, 0.05) is 12.0 Å². The number of aromatic hydroxyl groups is 1. The van der Waals surface area contributed by atoms with Crippen LogP contribution in [-0.2, 0) is 6.42 Å². The lowest BCUT2D eigenvalue weighted by molar-refractivity contribution is 0.474. The van der Waals surface area contributed by atoms with Crippen LogP contribution in [0.2, 0.25) is 0 Å². The average Bonchev–Trinajstić information content (AvgIpc) is 2.69. The number of aryl methyl sites for hydroxylation is 1. The molecule has 2 rings (SSSR count). The summed E-state index contributed by atoms with van der Waals surface area (Å²) in [7, 11) is 0. The Bertz CT molecular complexity index is 600. The standard InChI is InChI=1S/C11H12N4OS/c1-2-10-13-14-11(17)15(10)12-7-8-5-3-4-6-9(8)16/h3-7,16H,2H2,1H3,(H,14,17)/b12-7-. The summed E-state index contributed by atoms with van der Waals surface area (Å²) in [6, 6.07) is 6.97. The molecule has 0 saturated carbocycles. The molecule has 1 aromatic heterocycles. The SMILES string of the molecule is CCc1n[nH]c(=S)n1/N=C\c1ccccc1O.